The van der Waals surface area contributed by atoms with Gasteiger partial charge in [-0.3, -0.25) is 9.97 Å². The van der Waals surface area contributed by atoms with Gasteiger partial charge >= 0.3 is 0 Å². The van der Waals surface area contributed by atoms with Crippen molar-refractivity contribution in [2.24, 2.45) is 0 Å². The lowest BCUT2D eigenvalue weighted by molar-refractivity contribution is -0.733. The molecule has 6 nitrogen and oxygen atoms in total. The number of hydrogen-bond acceptors (Lipinski definition) is 4. The second-order valence-corrected chi connectivity index (χ2v) is 18.6. The minimum atomic E-state index is 0.575. The van der Waals surface area contributed by atoms with Gasteiger partial charge in [-0.25, -0.2) is 18.3 Å². The van der Waals surface area contributed by atoms with Gasteiger partial charge in [0.15, 0.2) is 73.7 Å². The molecular weight excluding hydrogens is 701 g/mol. The predicted octanol–water partition coefficient (Wildman–Crippen LogP) is 8.31. The number of thioether (sulfide) groups is 2. The first-order valence-electron chi connectivity index (χ1n) is 19.9. The third-order valence-corrected chi connectivity index (χ3v) is 16.3. The Bertz CT molecular complexity index is 2010. The molecule has 0 amide bonds. The summed E-state index contributed by atoms with van der Waals surface area (Å²) in [5.41, 5.74) is 7.58. The van der Waals surface area contributed by atoms with Crippen molar-refractivity contribution in [1.82, 2.24) is 9.97 Å². The lowest BCUT2D eigenvalue weighted by Crippen LogP contribution is -2.54. The highest BCUT2D eigenvalue weighted by atomic mass is 32.2. The SMILES string of the molecule is c1cc(-c2cc[n+](C3CCC4SC3CCC4[n+]3ccc(-c4cc[n+](C5CCC6SC5CCC6[n+]5ccc(-c6ccncc6)cc5)cc4)cc3)cc2)ccn1. The van der Waals surface area contributed by atoms with E-state index in [1.54, 1.807) is 0 Å². The van der Waals surface area contributed by atoms with E-state index in [0.29, 0.717) is 45.2 Å². The van der Waals surface area contributed by atoms with Crippen LogP contribution in [0.15, 0.2) is 147 Å². The minimum absolute atomic E-state index is 0.575. The molecule has 4 aliphatic heterocycles. The molecule has 0 N–H and O–H groups in total. The second kappa shape index (κ2) is 15.0. The van der Waals surface area contributed by atoms with Crippen LogP contribution in [0.2, 0.25) is 0 Å². The fourth-order valence-electron chi connectivity index (χ4n) is 9.80. The molecule has 8 atom stereocenters. The first-order valence-corrected chi connectivity index (χ1v) is 21.8. The Labute approximate surface area is 327 Å². The lowest BCUT2D eigenvalue weighted by Gasteiger charge is -2.39. The van der Waals surface area contributed by atoms with Crippen LogP contribution in [-0.2, 0) is 0 Å². The van der Waals surface area contributed by atoms with E-state index in [4.69, 9.17) is 0 Å². The Morgan fingerprint density at radius 1 is 0.315 bits per heavy atom. The Morgan fingerprint density at radius 3 is 0.778 bits per heavy atom. The van der Waals surface area contributed by atoms with E-state index < -0.39 is 0 Å². The quantitative estimate of drug-likeness (QED) is 0.154. The standard InChI is InChI=1S/C46H48N6S2/c1-5-45-41(3-7-43(53-45)39(1)49-25-13-35(14-26-49)33-9-21-47-22-10-33)51-29-17-37(18-30-51)38-19-31-52(32-20-38)42-4-8-44-40(2-6-46(42)54-44)50-27-15-36(16-28-50)34-11-23-48-24-12-34/h9-32,39-46H,1-8H2/q+4. The third kappa shape index (κ3) is 6.77. The van der Waals surface area contributed by atoms with Crippen LogP contribution in [0.25, 0.3) is 33.4 Å². The average Bonchev–Trinajstić information content (AvgIpc) is 3.25. The van der Waals surface area contributed by atoms with Gasteiger partial charge in [-0.05, 0) is 83.3 Å². The van der Waals surface area contributed by atoms with Crippen molar-refractivity contribution in [3.8, 4) is 33.4 Å². The molecule has 8 unspecified atom stereocenters. The molecule has 0 saturated carbocycles. The van der Waals surface area contributed by atoms with E-state index in [9.17, 15) is 0 Å². The zero-order chi connectivity index (χ0) is 35.8. The monoisotopic (exact) mass is 748 g/mol. The number of rotatable bonds is 7. The molecular formula is C46H48N6S2+4. The molecule has 4 bridgehead atoms. The second-order valence-electron chi connectivity index (χ2n) is 15.6. The van der Waals surface area contributed by atoms with E-state index >= 15 is 0 Å². The highest BCUT2D eigenvalue weighted by Gasteiger charge is 2.48. The highest BCUT2D eigenvalue weighted by molar-refractivity contribution is 8.00. The van der Waals surface area contributed by atoms with Crippen LogP contribution < -0.4 is 18.3 Å². The molecule has 10 heterocycles. The summed E-state index contributed by atoms with van der Waals surface area (Å²) in [6.45, 7) is 0. The van der Waals surface area contributed by atoms with Crippen LogP contribution in [0.1, 0.15) is 75.5 Å². The summed E-state index contributed by atoms with van der Waals surface area (Å²) in [6, 6.07) is 29.1. The number of hydrogen-bond donors (Lipinski definition) is 0. The van der Waals surface area contributed by atoms with E-state index in [1.165, 1.54) is 84.7 Å². The summed E-state index contributed by atoms with van der Waals surface area (Å²) >= 11 is 4.49. The minimum Gasteiger partial charge on any atom is -0.265 e. The van der Waals surface area contributed by atoms with Crippen LogP contribution in [0.4, 0.5) is 0 Å². The Kier molecular flexibility index (Phi) is 9.49. The summed E-state index contributed by atoms with van der Waals surface area (Å²) in [4.78, 5) is 8.34. The molecule has 4 fully saturated rings. The van der Waals surface area contributed by atoms with Gasteiger partial charge in [0.25, 0.3) is 0 Å². The summed E-state index contributed by atoms with van der Waals surface area (Å²) in [7, 11) is 0. The summed E-state index contributed by atoms with van der Waals surface area (Å²) in [5, 5.41) is 2.74. The molecule has 270 valence electrons. The van der Waals surface area contributed by atoms with Gasteiger partial charge in [-0.1, -0.05) is 0 Å². The summed E-state index contributed by atoms with van der Waals surface area (Å²) in [6.07, 6.45) is 36.1. The number of fused-ring (bicyclic) bond motifs is 4. The molecule has 0 aromatic carbocycles. The fourth-order valence-corrected chi connectivity index (χ4v) is 13.6. The number of pyridine rings is 6. The van der Waals surface area contributed by atoms with Gasteiger partial charge in [0, 0.05) is 99.0 Å². The Hall–Kier alpha value is -4.40. The molecule has 54 heavy (non-hydrogen) atoms. The van der Waals surface area contributed by atoms with E-state index in [1.807, 2.05) is 24.8 Å². The molecule has 4 aliphatic rings. The van der Waals surface area contributed by atoms with Crippen LogP contribution >= 0.6 is 23.5 Å². The molecule has 8 heteroatoms. The van der Waals surface area contributed by atoms with Crippen LogP contribution in [0, 0.1) is 0 Å². The maximum atomic E-state index is 4.17. The van der Waals surface area contributed by atoms with Gasteiger partial charge < -0.3 is 0 Å². The van der Waals surface area contributed by atoms with Gasteiger partial charge in [-0.15, -0.1) is 23.5 Å². The zero-order valence-electron chi connectivity index (χ0n) is 30.6. The number of aromatic nitrogens is 6. The van der Waals surface area contributed by atoms with Crippen LogP contribution in [0.3, 0.4) is 0 Å². The molecule has 0 aliphatic carbocycles. The fraction of sp³-hybridized carbons (Fsp3) is 0.348. The van der Waals surface area contributed by atoms with E-state index in [-0.39, 0.29) is 0 Å². The predicted molar refractivity (Wildman–Crippen MR) is 215 cm³/mol. The van der Waals surface area contributed by atoms with Crippen molar-refractivity contribution in [1.29, 1.82) is 0 Å². The van der Waals surface area contributed by atoms with E-state index in [2.05, 4.69) is 174 Å². The molecule has 0 radical (unpaired) electrons. The van der Waals surface area contributed by atoms with Gasteiger partial charge in [0.05, 0.1) is 21.0 Å². The van der Waals surface area contributed by atoms with Gasteiger partial charge in [-0.2, -0.15) is 0 Å². The maximum Gasteiger partial charge on any atom is 0.170 e. The summed E-state index contributed by atoms with van der Waals surface area (Å²) in [5.74, 6) is 0. The molecule has 0 spiro atoms. The first kappa shape index (κ1) is 34.1. The van der Waals surface area contributed by atoms with Crippen molar-refractivity contribution >= 4 is 23.5 Å². The van der Waals surface area contributed by atoms with Crippen molar-refractivity contribution in [3.05, 3.63) is 147 Å². The topological polar surface area (TPSA) is 41.3 Å². The van der Waals surface area contributed by atoms with Crippen molar-refractivity contribution in [2.75, 3.05) is 0 Å². The van der Waals surface area contributed by atoms with Crippen LogP contribution in [0.5, 0.6) is 0 Å². The van der Waals surface area contributed by atoms with Crippen LogP contribution in [-0.4, -0.2) is 31.0 Å². The zero-order valence-corrected chi connectivity index (χ0v) is 32.3. The largest absolute Gasteiger partial charge is 0.265 e. The smallest absolute Gasteiger partial charge is 0.170 e. The normalized spacial score (nSPS) is 27.6. The average molecular weight is 749 g/mol. The van der Waals surface area contributed by atoms with Gasteiger partial charge in [0.1, 0.15) is 0 Å². The van der Waals surface area contributed by atoms with Crippen molar-refractivity contribution in [3.63, 3.8) is 0 Å². The summed E-state index contributed by atoms with van der Waals surface area (Å²) < 4.78 is 9.97. The molecule has 6 aromatic rings. The lowest BCUT2D eigenvalue weighted by atomic mass is 9.90. The molecule has 4 saturated heterocycles. The maximum absolute atomic E-state index is 4.17. The third-order valence-electron chi connectivity index (χ3n) is 12.7. The van der Waals surface area contributed by atoms with Crippen molar-refractivity contribution in [2.45, 2.75) is 96.5 Å². The number of nitrogens with zero attached hydrogens (tertiary/aromatic N) is 6. The molecule has 6 aromatic heterocycles. The molecule has 10 rings (SSSR count). The van der Waals surface area contributed by atoms with E-state index in [0.717, 1.165) is 0 Å². The highest BCUT2D eigenvalue weighted by Crippen LogP contribution is 2.49. The Morgan fingerprint density at radius 2 is 0.537 bits per heavy atom. The van der Waals surface area contributed by atoms with Gasteiger partial charge in [0.2, 0.25) is 0 Å². The Balaban J connectivity index is 0.745. The first-order chi connectivity index (χ1) is 26.7. The van der Waals surface area contributed by atoms with Crippen molar-refractivity contribution < 1.29 is 18.3 Å².